The fourth-order valence-corrected chi connectivity index (χ4v) is 4.89. The summed E-state index contributed by atoms with van der Waals surface area (Å²) >= 11 is 2.63. The lowest BCUT2D eigenvalue weighted by Gasteiger charge is -2.51. The lowest BCUT2D eigenvalue weighted by Crippen LogP contribution is -2.57. The van der Waals surface area contributed by atoms with Gasteiger partial charge in [-0.1, -0.05) is 65.1 Å². The molecule has 0 aliphatic heterocycles. The fraction of sp³-hybridized carbons (Fsp3) is 0.412. The fourth-order valence-electron chi connectivity index (χ4n) is 3.36. The number of benzene rings is 2. The molecule has 3 rings (SSSR count). The van der Waals surface area contributed by atoms with Crippen molar-refractivity contribution in [3.8, 4) is 0 Å². The first-order chi connectivity index (χ1) is 9.18. The van der Waals surface area contributed by atoms with Crippen LogP contribution in [-0.2, 0) is 5.41 Å². The van der Waals surface area contributed by atoms with Crippen molar-refractivity contribution in [2.24, 2.45) is 0 Å². The van der Waals surface area contributed by atoms with Crippen LogP contribution in [0.4, 0.5) is 0 Å². The molecule has 1 aliphatic rings. The van der Waals surface area contributed by atoms with Crippen molar-refractivity contribution in [2.45, 2.75) is 35.1 Å². The van der Waals surface area contributed by atoms with Crippen LogP contribution in [0.2, 0.25) is 0 Å². The maximum atomic E-state index is 3.48. The highest BCUT2D eigenvalue weighted by molar-refractivity contribution is 14.1. The molecule has 0 spiro atoms. The quantitative estimate of drug-likeness (QED) is 0.580. The third-order valence-electron chi connectivity index (χ3n) is 4.86. The second kappa shape index (κ2) is 6.20. The van der Waals surface area contributed by atoms with Gasteiger partial charge in [-0.2, -0.15) is 0 Å². The van der Waals surface area contributed by atoms with Crippen molar-refractivity contribution in [1.82, 2.24) is 5.32 Å². The Bertz CT molecular complexity index is 600. The first kappa shape index (κ1) is 16.1. The average molecular weight is 402 g/mol. The molecule has 1 aliphatic carbocycles. The molecule has 20 heavy (non-hydrogen) atoms. The maximum Gasteiger partial charge on any atom is 0.0222 e. The van der Waals surface area contributed by atoms with E-state index in [1.807, 2.05) is 0 Å². The molecule has 0 radical (unpaired) electrons. The summed E-state index contributed by atoms with van der Waals surface area (Å²) in [6, 6.07) is 16.2. The summed E-state index contributed by atoms with van der Waals surface area (Å²) in [6.07, 6.45) is 2.63. The highest BCUT2D eigenvalue weighted by Crippen LogP contribution is 2.51. The second-order valence-corrected chi connectivity index (χ2v) is 7.12. The predicted molar refractivity (Wildman–Crippen MR) is 98.4 cm³/mol. The number of nitrogens with one attached hydrogen (secondary N) is 1. The van der Waals surface area contributed by atoms with Crippen LogP contribution in [0.15, 0.2) is 42.5 Å². The summed E-state index contributed by atoms with van der Waals surface area (Å²) in [7, 11) is 2.08. The lowest BCUT2D eigenvalue weighted by atomic mass is 9.60. The Morgan fingerprint density at radius 1 is 1.20 bits per heavy atom. The summed E-state index contributed by atoms with van der Waals surface area (Å²) in [4.78, 5) is 0. The van der Waals surface area contributed by atoms with E-state index >= 15 is 0 Å². The van der Waals surface area contributed by atoms with Crippen LogP contribution in [-0.4, -0.2) is 17.0 Å². The largest absolute Gasteiger partial charge is 0.316 e. The molecule has 2 aromatic carbocycles. The Morgan fingerprint density at radius 2 is 1.90 bits per heavy atom. The van der Waals surface area contributed by atoms with Crippen LogP contribution in [0.3, 0.4) is 0 Å². The third kappa shape index (κ3) is 2.36. The molecule has 3 heteroatoms. The number of halogens is 2. The lowest BCUT2D eigenvalue weighted by molar-refractivity contribution is 0.207. The minimum Gasteiger partial charge on any atom is -0.316 e. The van der Waals surface area contributed by atoms with E-state index in [9.17, 15) is 0 Å². The smallest absolute Gasteiger partial charge is 0.0222 e. The standard InChI is InChI=1S/C17H20IN.ClH/c1-12(19-2)17(10-9-16(17)18)15-8-7-13-5-3-4-6-14(13)11-15;/h3-8,11-12,16,19H,9-10H2,1-2H3;1H. The highest BCUT2D eigenvalue weighted by atomic mass is 127. The van der Waals surface area contributed by atoms with Gasteiger partial charge in [0.25, 0.3) is 0 Å². The molecule has 1 saturated carbocycles. The molecular formula is C17H21ClIN. The third-order valence-corrected chi connectivity index (χ3v) is 6.60. The van der Waals surface area contributed by atoms with E-state index in [4.69, 9.17) is 0 Å². The van der Waals surface area contributed by atoms with Gasteiger partial charge >= 0.3 is 0 Å². The zero-order chi connectivity index (χ0) is 13.5. The number of hydrogen-bond acceptors (Lipinski definition) is 1. The van der Waals surface area contributed by atoms with Crippen molar-refractivity contribution < 1.29 is 0 Å². The first-order valence-electron chi connectivity index (χ1n) is 6.99. The van der Waals surface area contributed by atoms with Crippen LogP contribution in [0.1, 0.15) is 25.3 Å². The SMILES string of the molecule is CNC(C)C1(c2ccc3ccccc3c2)CCC1I.Cl. The topological polar surface area (TPSA) is 12.0 Å². The van der Waals surface area contributed by atoms with Crippen LogP contribution in [0, 0.1) is 0 Å². The molecule has 0 saturated heterocycles. The minimum atomic E-state index is 0. The Hall–Kier alpha value is -0.320. The predicted octanol–water partition coefficient (Wildman–Crippen LogP) is 4.70. The van der Waals surface area contributed by atoms with Crippen molar-refractivity contribution in [1.29, 1.82) is 0 Å². The molecule has 0 aromatic heterocycles. The number of likely N-dealkylation sites (N-methyl/N-ethyl adjacent to an activating group) is 1. The molecule has 1 nitrogen and oxygen atoms in total. The zero-order valence-corrected chi connectivity index (χ0v) is 14.9. The van der Waals surface area contributed by atoms with Gasteiger partial charge in [-0.25, -0.2) is 0 Å². The molecule has 0 amide bonds. The normalized spacial score (nSPS) is 26.6. The monoisotopic (exact) mass is 401 g/mol. The van der Waals surface area contributed by atoms with Gasteiger partial charge in [0.1, 0.15) is 0 Å². The molecule has 3 atom stereocenters. The van der Waals surface area contributed by atoms with Crippen molar-refractivity contribution in [3.05, 3.63) is 48.0 Å². The summed E-state index contributed by atoms with van der Waals surface area (Å²) in [5.41, 5.74) is 1.80. The van der Waals surface area contributed by atoms with Gasteiger partial charge in [-0.3, -0.25) is 0 Å². The van der Waals surface area contributed by atoms with E-state index in [0.717, 1.165) is 3.92 Å². The van der Waals surface area contributed by atoms with Crippen molar-refractivity contribution in [2.75, 3.05) is 7.05 Å². The van der Waals surface area contributed by atoms with E-state index in [2.05, 4.69) is 84.3 Å². The summed E-state index contributed by atoms with van der Waals surface area (Å²) in [6.45, 7) is 2.32. The minimum absolute atomic E-state index is 0. The van der Waals surface area contributed by atoms with Crippen LogP contribution in [0.5, 0.6) is 0 Å². The Labute approximate surface area is 141 Å². The van der Waals surface area contributed by atoms with E-state index in [1.54, 1.807) is 0 Å². The Morgan fingerprint density at radius 3 is 2.45 bits per heavy atom. The molecule has 1 N–H and O–H groups in total. The molecule has 0 bridgehead atoms. The Kier molecular flexibility index (Phi) is 4.98. The van der Waals surface area contributed by atoms with Crippen LogP contribution in [0.25, 0.3) is 10.8 Å². The van der Waals surface area contributed by atoms with Crippen molar-refractivity contribution >= 4 is 45.8 Å². The number of hydrogen-bond donors (Lipinski definition) is 1. The summed E-state index contributed by atoms with van der Waals surface area (Å²) < 4.78 is 0.730. The van der Waals surface area contributed by atoms with Gasteiger partial charge < -0.3 is 5.32 Å². The number of alkyl halides is 1. The van der Waals surface area contributed by atoms with Gasteiger partial charge in [0, 0.05) is 15.4 Å². The molecule has 108 valence electrons. The van der Waals surface area contributed by atoms with E-state index in [-0.39, 0.29) is 12.4 Å². The Balaban J connectivity index is 0.00000147. The average Bonchev–Trinajstić information content (AvgIpc) is 2.45. The van der Waals surface area contributed by atoms with Crippen LogP contribution < -0.4 is 5.32 Å². The van der Waals surface area contributed by atoms with Crippen molar-refractivity contribution in [3.63, 3.8) is 0 Å². The van der Waals surface area contributed by atoms with Gasteiger partial charge in [-0.15, -0.1) is 12.4 Å². The van der Waals surface area contributed by atoms with Gasteiger partial charge in [-0.05, 0) is 43.1 Å². The maximum absolute atomic E-state index is 3.48. The summed E-state index contributed by atoms with van der Waals surface area (Å²) in [5, 5.41) is 6.18. The molecule has 1 fully saturated rings. The van der Waals surface area contributed by atoms with E-state index < -0.39 is 0 Å². The van der Waals surface area contributed by atoms with Crippen LogP contribution >= 0.6 is 35.0 Å². The van der Waals surface area contributed by atoms with Gasteiger partial charge in [0.15, 0.2) is 0 Å². The van der Waals surface area contributed by atoms with E-state index in [1.165, 1.54) is 29.2 Å². The second-order valence-electron chi connectivity index (χ2n) is 5.62. The highest BCUT2D eigenvalue weighted by Gasteiger charge is 2.50. The van der Waals surface area contributed by atoms with E-state index in [0.29, 0.717) is 11.5 Å². The van der Waals surface area contributed by atoms with Gasteiger partial charge in [0.2, 0.25) is 0 Å². The zero-order valence-electron chi connectivity index (χ0n) is 11.9. The number of fused-ring (bicyclic) bond motifs is 1. The molecular weight excluding hydrogens is 381 g/mol. The molecule has 3 unspecified atom stereocenters. The van der Waals surface area contributed by atoms with Gasteiger partial charge in [0.05, 0.1) is 0 Å². The first-order valence-corrected chi connectivity index (χ1v) is 8.23. The molecule has 2 aromatic rings. The molecule has 0 heterocycles. The number of rotatable bonds is 3. The summed E-state index contributed by atoms with van der Waals surface area (Å²) in [5.74, 6) is 0.